The Morgan fingerprint density at radius 1 is 1.35 bits per heavy atom. The van der Waals surface area contributed by atoms with Crippen LogP contribution in [0.3, 0.4) is 0 Å². The molecule has 1 atom stereocenters. The van der Waals surface area contributed by atoms with E-state index < -0.39 is 10.0 Å². The van der Waals surface area contributed by atoms with Crippen molar-refractivity contribution in [1.29, 1.82) is 0 Å². The van der Waals surface area contributed by atoms with Crippen LogP contribution in [-0.2, 0) is 16.6 Å². The molecule has 1 aromatic rings. The predicted octanol–water partition coefficient (Wildman–Crippen LogP) is 1.28. The molecule has 1 aliphatic heterocycles. The van der Waals surface area contributed by atoms with E-state index >= 15 is 0 Å². The summed E-state index contributed by atoms with van der Waals surface area (Å²) in [4.78, 5) is 16.8. The van der Waals surface area contributed by atoms with Crippen molar-refractivity contribution in [2.45, 2.75) is 58.2 Å². The highest BCUT2D eigenvalue weighted by Crippen LogP contribution is 2.27. The van der Waals surface area contributed by atoms with Gasteiger partial charge in [-0.3, -0.25) is 4.79 Å². The minimum absolute atomic E-state index is 0.0765. The summed E-state index contributed by atoms with van der Waals surface area (Å²) >= 11 is 0. The Morgan fingerprint density at radius 2 is 2.04 bits per heavy atom. The number of carbonyl (C=O) groups excluding carboxylic acids is 1. The molecule has 0 radical (unpaired) electrons. The largest absolute Gasteiger partial charge is 0.348 e. The molecular formula is C15H24N4O3S. The fourth-order valence-corrected chi connectivity index (χ4v) is 4.72. The van der Waals surface area contributed by atoms with E-state index in [0.717, 1.165) is 25.7 Å². The summed E-state index contributed by atoms with van der Waals surface area (Å²) < 4.78 is 27.7. The minimum atomic E-state index is -3.26. The predicted molar refractivity (Wildman–Crippen MR) is 86.5 cm³/mol. The molecule has 0 saturated heterocycles. The molecule has 1 unspecified atom stereocenters. The molecule has 0 aromatic carbocycles. The normalized spacial score (nSPS) is 23.0. The van der Waals surface area contributed by atoms with Crippen molar-refractivity contribution in [2.24, 2.45) is 0 Å². The third-order valence-electron chi connectivity index (χ3n) is 4.82. The number of hydrogen-bond acceptors (Lipinski definition) is 4. The number of nitrogens with zero attached hydrogens (tertiary/aromatic N) is 3. The highest BCUT2D eigenvalue weighted by molar-refractivity contribution is 7.89. The molecule has 1 fully saturated rings. The summed E-state index contributed by atoms with van der Waals surface area (Å²) in [6.45, 7) is 4.42. The highest BCUT2D eigenvalue weighted by atomic mass is 32.2. The van der Waals surface area contributed by atoms with Gasteiger partial charge in [-0.05, 0) is 26.7 Å². The van der Waals surface area contributed by atoms with Gasteiger partial charge in [0.05, 0.1) is 11.8 Å². The summed E-state index contributed by atoms with van der Waals surface area (Å²) in [7, 11) is -3.26. The van der Waals surface area contributed by atoms with Crippen LogP contribution in [0.4, 0.5) is 0 Å². The Morgan fingerprint density at radius 3 is 2.70 bits per heavy atom. The van der Waals surface area contributed by atoms with Gasteiger partial charge < -0.3 is 9.88 Å². The lowest BCUT2D eigenvalue weighted by atomic mass is 10.2. The average molecular weight is 340 g/mol. The summed E-state index contributed by atoms with van der Waals surface area (Å²) in [5.74, 6) is 0.563. The first-order valence-electron chi connectivity index (χ1n) is 8.30. The Bertz CT molecular complexity index is 692. The van der Waals surface area contributed by atoms with E-state index in [0.29, 0.717) is 24.6 Å². The van der Waals surface area contributed by atoms with E-state index in [9.17, 15) is 13.2 Å². The van der Waals surface area contributed by atoms with Gasteiger partial charge in [0.1, 0.15) is 11.5 Å². The molecule has 7 nitrogen and oxygen atoms in total. The smallest absolute Gasteiger partial charge is 0.271 e. The first-order chi connectivity index (χ1) is 10.9. The molecule has 128 valence electrons. The maximum Gasteiger partial charge on any atom is 0.271 e. The quantitative estimate of drug-likeness (QED) is 0.895. The van der Waals surface area contributed by atoms with E-state index in [2.05, 4.69) is 10.3 Å². The molecule has 0 spiro atoms. The van der Waals surface area contributed by atoms with Crippen LogP contribution in [0.5, 0.6) is 0 Å². The summed E-state index contributed by atoms with van der Waals surface area (Å²) in [6.07, 6.45) is 6.11. The van der Waals surface area contributed by atoms with Crippen LogP contribution in [0.1, 0.15) is 61.9 Å². The number of fused-ring (bicyclic) bond motifs is 1. The molecule has 1 amide bonds. The van der Waals surface area contributed by atoms with Crippen molar-refractivity contribution in [3.63, 3.8) is 0 Å². The number of amides is 1. The van der Waals surface area contributed by atoms with Gasteiger partial charge in [0.25, 0.3) is 5.91 Å². The van der Waals surface area contributed by atoms with Gasteiger partial charge in [-0.1, -0.05) is 12.8 Å². The molecule has 0 bridgehead atoms. The van der Waals surface area contributed by atoms with Gasteiger partial charge >= 0.3 is 0 Å². The van der Waals surface area contributed by atoms with Gasteiger partial charge in [-0.2, -0.15) is 4.31 Å². The molecule has 23 heavy (non-hydrogen) atoms. The molecule has 3 rings (SSSR count). The van der Waals surface area contributed by atoms with Crippen LogP contribution in [0.25, 0.3) is 0 Å². The lowest BCUT2D eigenvalue weighted by molar-refractivity contribution is 0.0933. The van der Waals surface area contributed by atoms with Gasteiger partial charge in [-0.15, -0.1) is 0 Å². The standard InChI is InChI=1S/C15H24N4O3S/c1-3-23(21,22)19-9-8-18-10-13(17-14(18)11(19)2)15(20)16-12-6-4-5-7-12/h10-12H,3-9H2,1-2H3,(H,16,20). The third-order valence-corrected chi connectivity index (χ3v) is 6.76. The van der Waals surface area contributed by atoms with Crippen LogP contribution in [0, 0.1) is 0 Å². The third kappa shape index (κ3) is 3.14. The summed E-state index contributed by atoms with van der Waals surface area (Å²) in [6, 6.07) is -0.0997. The lowest BCUT2D eigenvalue weighted by Crippen LogP contribution is -2.41. The Kier molecular flexibility index (Phi) is 4.46. The Labute approximate surface area is 137 Å². The van der Waals surface area contributed by atoms with Crippen LogP contribution >= 0.6 is 0 Å². The van der Waals surface area contributed by atoms with E-state index in [1.165, 1.54) is 4.31 Å². The topological polar surface area (TPSA) is 84.3 Å². The molecule has 8 heteroatoms. The molecule has 1 aliphatic carbocycles. The average Bonchev–Trinajstić information content (AvgIpc) is 3.16. The zero-order valence-electron chi connectivity index (χ0n) is 13.7. The Hall–Kier alpha value is -1.41. The second kappa shape index (κ2) is 6.24. The second-order valence-electron chi connectivity index (χ2n) is 6.32. The van der Waals surface area contributed by atoms with Gasteiger partial charge in [-0.25, -0.2) is 13.4 Å². The number of carbonyl (C=O) groups is 1. The minimum Gasteiger partial charge on any atom is -0.348 e. The first-order valence-corrected chi connectivity index (χ1v) is 9.90. The second-order valence-corrected chi connectivity index (χ2v) is 8.53. The van der Waals surface area contributed by atoms with E-state index in [1.807, 2.05) is 11.5 Å². The van der Waals surface area contributed by atoms with E-state index in [1.54, 1.807) is 13.1 Å². The first kappa shape index (κ1) is 16.4. The maximum atomic E-state index is 12.3. The maximum absolute atomic E-state index is 12.3. The number of aromatic nitrogens is 2. The highest BCUT2D eigenvalue weighted by Gasteiger charge is 2.34. The molecule has 2 aliphatic rings. The zero-order valence-corrected chi connectivity index (χ0v) is 14.5. The van der Waals surface area contributed by atoms with Crippen LogP contribution in [0.2, 0.25) is 0 Å². The van der Waals surface area contributed by atoms with Crippen molar-refractivity contribution >= 4 is 15.9 Å². The van der Waals surface area contributed by atoms with Gasteiger partial charge in [0, 0.05) is 25.3 Å². The van der Waals surface area contributed by atoms with Crippen molar-refractivity contribution in [2.75, 3.05) is 12.3 Å². The van der Waals surface area contributed by atoms with Crippen molar-refractivity contribution in [3.8, 4) is 0 Å². The van der Waals surface area contributed by atoms with Gasteiger partial charge in [0.2, 0.25) is 10.0 Å². The molecular weight excluding hydrogens is 316 g/mol. The molecule has 1 aromatic heterocycles. The van der Waals surface area contributed by atoms with Crippen LogP contribution in [-0.4, -0.2) is 46.5 Å². The lowest BCUT2D eigenvalue weighted by Gasteiger charge is -2.32. The summed E-state index contributed by atoms with van der Waals surface area (Å²) in [5, 5.41) is 3.03. The van der Waals surface area contributed by atoms with Crippen molar-refractivity contribution in [1.82, 2.24) is 19.2 Å². The van der Waals surface area contributed by atoms with E-state index in [-0.39, 0.29) is 23.7 Å². The SMILES string of the molecule is CCS(=O)(=O)N1CCn2cc(C(=O)NC3CCCC3)nc2C1C. The van der Waals surface area contributed by atoms with Gasteiger partial charge in [0.15, 0.2) is 0 Å². The van der Waals surface area contributed by atoms with Crippen molar-refractivity contribution in [3.05, 3.63) is 17.7 Å². The monoisotopic (exact) mass is 340 g/mol. The van der Waals surface area contributed by atoms with Crippen molar-refractivity contribution < 1.29 is 13.2 Å². The van der Waals surface area contributed by atoms with E-state index in [4.69, 9.17) is 0 Å². The number of hydrogen-bond donors (Lipinski definition) is 1. The van der Waals surface area contributed by atoms with Crippen LogP contribution in [0.15, 0.2) is 6.20 Å². The molecule has 1 saturated carbocycles. The molecule has 2 heterocycles. The number of nitrogens with one attached hydrogen (secondary N) is 1. The Balaban J connectivity index is 1.78. The fourth-order valence-electron chi connectivity index (χ4n) is 3.46. The molecule has 1 N–H and O–H groups in total. The summed E-state index contributed by atoms with van der Waals surface area (Å²) in [5.41, 5.74) is 0.384. The number of sulfonamides is 1. The number of imidazole rings is 1. The zero-order chi connectivity index (χ0) is 16.6. The van der Waals surface area contributed by atoms with Crippen LogP contribution < -0.4 is 5.32 Å². The fraction of sp³-hybridized carbons (Fsp3) is 0.733. The number of rotatable bonds is 4.